The first kappa shape index (κ1) is 13.7. The molecule has 0 bridgehead atoms. The van der Waals surface area contributed by atoms with E-state index >= 15 is 0 Å². The highest BCUT2D eigenvalue weighted by atomic mass is 35.5. The first-order valence-electron chi connectivity index (χ1n) is 3.80. The van der Waals surface area contributed by atoms with Crippen molar-refractivity contribution in [2.45, 2.75) is 11.3 Å². The molecular weight excluding hydrogens is 284 g/mol. The van der Waals surface area contributed by atoms with E-state index in [-0.39, 0.29) is 0 Å². The Hall–Kier alpha value is -1.39. The molecular formula is C6H4ClF2N3O4S. The third kappa shape index (κ3) is 2.84. The summed E-state index contributed by atoms with van der Waals surface area (Å²) in [6.45, 7) is 0. The zero-order chi connectivity index (χ0) is 13.4. The summed E-state index contributed by atoms with van der Waals surface area (Å²) in [5, 5.41) is 14.1. The highest BCUT2D eigenvalue weighted by Crippen LogP contribution is 2.32. The van der Waals surface area contributed by atoms with Gasteiger partial charge in [-0.2, -0.15) is 0 Å². The van der Waals surface area contributed by atoms with Gasteiger partial charge in [-0.05, 0) is 21.5 Å². The Bertz CT molecular complexity index is 577. The molecule has 17 heavy (non-hydrogen) atoms. The number of primary sulfonamides is 1. The second-order valence-electron chi connectivity index (χ2n) is 2.79. The third-order valence-electron chi connectivity index (χ3n) is 1.65. The SMILES string of the molecule is NS(=O)(=O)c1c(C(F)F)cc([N+](=O)[O-])nc1Cl. The molecule has 0 unspecified atom stereocenters. The van der Waals surface area contributed by atoms with E-state index < -0.39 is 42.8 Å². The van der Waals surface area contributed by atoms with Crippen LogP contribution in [0.25, 0.3) is 0 Å². The van der Waals surface area contributed by atoms with Gasteiger partial charge in [0.25, 0.3) is 11.6 Å². The van der Waals surface area contributed by atoms with E-state index in [1.165, 1.54) is 0 Å². The Morgan fingerprint density at radius 2 is 2.06 bits per heavy atom. The zero-order valence-electron chi connectivity index (χ0n) is 7.80. The highest BCUT2D eigenvalue weighted by molar-refractivity contribution is 7.89. The molecule has 1 aromatic heterocycles. The second-order valence-corrected chi connectivity index (χ2v) is 4.65. The largest absolute Gasteiger partial charge is 0.365 e. The lowest BCUT2D eigenvalue weighted by Crippen LogP contribution is -2.16. The predicted octanol–water partition coefficient (Wildman–Crippen LogP) is 1.23. The van der Waals surface area contributed by atoms with E-state index in [1.54, 1.807) is 0 Å². The van der Waals surface area contributed by atoms with Gasteiger partial charge < -0.3 is 10.1 Å². The molecule has 0 aliphatic rings. The summed E-state index contributed by atoms with van der Waals surface area (Å²) < 4.78 is 47.1. The molecule has 0 aliphatic heterocycles. The van der Waals surface area contributed by atoms with E-state index in [4.69, 9.17) is 11.6 Å². The fourth-order valence-corrected chi connectivity index (χ4v) is 2.32. The van der Waals surface area contributed by atoms with E-state index in [2.05, 4.69) is 10.1 Å². The number of halogens is 3. The van der Waals surface area contributed by atoms with Gasteiger partial charge in [0.15, 0.2) is 4.90 Å². The molecule has 1 heterocycles. The molecule has 0 aromatic carbocycles. The lowest BCUT2D eigenvalue weighted by Gasteiger charge is -2.06. The maximum Gasteiger partial charge on any atom is 0.365 e. The van der Waals surface area contributed by atoms with Crippen LogP contribution >= 0.6 is 11.6 Å². The van der Waals surface area contributed by atoms with Crippen molar-refractivity contribution in [3.63, 3.8) is 0 Å². The molecule has 11 heteroatoms. The molecule has 7 nitrogen and oxygen atoms in total. The van der Waals surface area contributed by atoms with Crippen molar-refractivity contribution < 1.29 is 22.1 Å². The van der Waals surface area contributed by atoms with Crippen molar-refractivity contribution in [2.75, 3.05) is 0 Å². The molecule has 1 aromatic rings. The number of nitro groups is 1. The number of sulfonamides is 1. The number of hydrogen-bond donors (Lipinski definition) is 1. The van der Waals surface area contributed by atoms with Gasteiger partial charge in [0, 0.05) is 6.07 Å². The highest BCUT2D eigenvalue weighted by Gasteiger charge is 2.30. The normalized spacial score (nSPS) is 11.8. The van der Waals surface area contributed by atoms with Crippen molar-refractivity contribution in [1.82, 2.24) is 4.98 Å². The van der Waals surface area contributed by atoms with Gasteiger partial charge in [0.05, 0.1) is 5.56 Å². The molecule has 2 N–H and O–H groups in total. The minimum atomic E-state index is -4.55. The van der Waals surface area contributed by atoms with Crippen molar-refractivity contribution >= 4 is 27.4 Å². The van der Waals surface area contributed by atoms with Gasteiger partial charge >= 0.3 is 5.82 Å². The van der Waals surface area contributed by atoms with Crippen molar-refractivity contribution in [3.05, 3.63) is 26.9 Å². The Balaban J connectivity index is 3.67. The molecule has 0 amide bonds. The summed E-state index contributed by atoms with van der Waals surface area (Å²) in [5.41, 5.74) is -1.15. The minimum absolute atomic E-state index is 0.316. The average Bonchev–Trinajstić information content (AvgIpc) is 2.13. The summed E-state index contributed by atoms with van der Waals surface area (Å²) in [6, 6.07) is 0.316. The fourth-order valence-electron chi connectivity index (χ4n) is 1.04. The van der Waals surface area contributed by atoms with E-state index in [9.17, 15) is 27.3 Å². The monoisotopic (exact) mass is 287 g/mol. The average molecular weight is 288 g/mol. The van der Waals surface area contributed by atoms with Crippen LogP contribution in [0.5, 0.6) is 0 Å². The van der Waals surface area contributed by atoms with Crippen LogP contribution in [0.4, 0.5) is 14.6 Å². The standard InChI is InChI=1S/C6H4ClF2N3O4S/c7-5-4(17(10,15)16)2(6(8)9)1-3(11-5)12(13)14/h1,6H,(H2,10,15,16). The summed E-state index contributed by atoms with van der Waals surface area (Å²) in [5.74, 6) is -0.988. The topological polar surface area (TPSA) is 116 Å². The zero-order valence-corrected chi connectivity index (χ0v) is 9.37. The number of nitrogens with two attached hydrogens (primary N) is 1. The van der Waals surface area contributed by atoms with Gasteiger partial charge in [-0.25, -0.2) is 22.3 Å². The molecule has 0 aliphatic carbocycles. The van der Waals surface area contributed by atoms with Gasteiger partial charge in [0.1, 0.15) is 0 Å². The second kappa shape index (κ2) is 4.47. The Labute approximate surface area is 98.4 Å². The fraction of sp³-hybridized carbons (Fsp3) is 0.167. The summed E-state index contributed by atoms with van der Waals surface area (Å²) >= 11 is 5.30. The molecule has 0 fully saturated rings. The maximum absolute atomic E-state index is 12.6. The number of hydrogen-bond acceptors (Lipinski definition) is 5. The number of alkyl halides is 2. The van der Waals surface area contributed by atoms with Gasteiger partial charge in [0.2, 0.25) is 10.0 Å². The van der Waals surface area contributed by atoms with Crippen LogP contribution < -0.4 is 5.14 Å². The Morgan fingerprint density at radius 1 is 1.53 bits per heavy atom. The molecule has 0 saturated heterocycles. The maximum atomic E-state index is 12.6. The molecule has 94 valence electrons. The predicted molar refractivity (Wildman–Crippen MR) is 52.2 cm³/mol. The molecule has 1 rings (SSSR count). The number of aromatic nitrogens is 1. The van der Waals surface area contributed by atoms with Crippen molar-refractivity contribution in [2.24, 2.45) is 5.14 Å². The number of pyridine rings is 1. The lowest BCUT2D eigenvalue weighted by atomic mass is 10.2. The molecule has 0 radical (unpaired) electrons. The van der Waals surface area contributed by atoms with Crippen LogP contribution in [0.1, 0.15) is 12.0 Å². The Kier molecular flexibility index (Phi) is 3.59. The number of rotatable bonds is 3. The van der Waals surface area contributed by atoms with Crippen LogP contribution in [-0.4, -0.2) is 18.3 Å². The van der Waals surface area contributed by atoms with E-state index in [1.807, 2.05) is 0 Å². The molecule has 0 atom stereocenters. The van der Waals surface area contributed by atoms with Crippen molar-refractivity contribution in [1.29, 1.82) is 0 Å². The van der Waals surface area contributed by atoms with Gasteiger partial charge in [-0.15, -0.1) is 0 Å². The molecule has 0 saturated carbocycles. The smallest absolute Gasteiger partial charge is 0.358 e. The first-order valence-corrected chi connectivity index (χ1v) is 5.72. The van der Waals surface area contributed by atoms with Crippen LogP contribution in [0.3, 0.4) is 0 Å². The van der Waals surface area contributed by atoms with Crippen LogP contribution in [0, 0.1) is 10.1 Å². The quantitative estimate of drug-likeness (QED) is 0.510. The Morgan fingerprint density at radius 3 is 2.41 bits per heavy atom. The van der Waals surface area contributed by atoms with Crippen LogP contribution in [0.2, 0.25) is 5.15 Å². The van der Waals surface area contributed by atoms with Crippen LogP contribution in [0.15, 0.2) is 11.0 Å². The van der Waals surface area contributed by atoms with Crippen LogP contribution in [-0.2, 0) is 10.0 Å². The summed E-state index contributed by atoms with van der Waals surface area (Å²) in [6.07, 6.45) is -3.29. The lowest BCUT2D eigenvalue weighted by molar-refractivity contribution is -0.389. The van der Waals surface area contributed by atoms with Gasteiger partial charge in [-0.1, -0.05) is 0 Å². The summed E-state index contributed by atoms with van der Waals surface area (Å²) in [7, 11) is -4.55. The number of nitrogens with zero attached hydrogens (tertiary/aromatic N) is 2. The van der Waals surface area contributed by atoms with Crippen molar-refractivity contribution in [3.8, 4) is 0 Å². The summed E-state index contributed by atoms with van der Waals surface area (Å²) in [4.78, 5) is 11.2. The third-order valence-corrected chi connectivity index (χ3v) is 3.04. The van der Waals surface area contributed by atoms with E-state index in [0.717, 1.165) is 0 Å². The molecule has 0 spiro atoms. The van der Waals surface area contributed by atoms with E-state index in [0.29, 0.717) is 6.07 Å². The first-order chi connectivity index (χ1) is 7.64. The van der Waals surface area contributed by atoms with Gasteiger partial charge in [-0.3, -0.25) is 0 Å². The minimum Gasteiger partial charge on any atom is -0.358 e.